The molecule has 0 bridgehead atoms. The van der Waals surface area contributed by atoms with E-state index in [0.29, 0.717) is 12.1 Å². The molecule has 1 unspecified atom stereocenters. The van der Waals surface area contributed by atoms with E-state index in [2.05, 4.69) is 10.3 Å². The Morgan fingerprint density at radius 1 is 1.48 bits per heavy atom. The predicted molar refractivity (Wildman–Crippen MR) is 79.3 cm³/mol. The predicted octanol–water partition coefficient (Wildman–Crippen LogP) is 1.95. The van der Waals surface area contributed by atoms with Crippen LogP contribution in [0.1, 0.15) is 47.9 Å². The van der Waals surface area contributed by atoms with E-state index in [1.54, 1.807) is 30.8 Å². The Morgan fingerprint density at radius 3 is 2.86 bits per heavy atom. The van der Waals surface area contributed by atoms with Crippen molar-refractivity contribution in [2.24, 2.45) is 5.73 Å². The molecule has 0 spiro atoms. The molecule has 1 heterocycles. The van der Waals surface area contributed by atoms with Crippen LogP contribution in [-0.2, 0) is 6.54 Å². The van der Waals surface area contributed by atoms with Crippen LogP contribution in [0.4, 0.5) is 0 Å². The SMILES string of the molecule is CCC(N)c1cn(Cc2cc(C(C)=O)ccc2OC)nn1. The Labute approximate surface area is 123 Å². The number of nitrogens with two attached hydrogens (primary N) is 1. The standard InChI is InChI=1S/C15H20N4O2/c1-4-13(16)14-9-19(18-17-14)8-12-7-11(10(2)20)5-6-15(12)21-3/h5-7,9,13H,4,8,16H2,1-3H3. The zero-order valence-corrected chi connectivity index (χ0v) is 12.5. The second-order valence-electron chi connectivity index (χ2n) is 4.94. The molecule has 0 aliphatic rings. The number of methoxy groups -OCH3 is 1. The van der Waals surface area contributed by atoms with E-state index in [1.165, 1.54) is 0 Å². The smallest absolute Gasteiger partial charge is 0.159 e. The largest absolute Gasteiger partial charge is 0.496 e. The molecule has 0 radical (unpaired) electrons. The number of hydrogen-bond acceptors (Lipinski definition) is 5. The quantitative estimate of drug-likeness (QED) is 0.821. The maximum Gasteiger partial charge on any atom is 0.159 e. The van der Waals surface area contributed by atoms with Gasteiger partial charge in [0.15, 0.2) is 5.78 Å². The van der Waals surface area contributed by atoms with Gasteiger partial charge in [-0.3, -0.25) is 4.79 Å². The summed E-state index contributed by atoms with van der Waals surface area (Å²) in [5.74, 6) is 0.739. The fourth-order valence-corrected chi connectivity index (χ4v) is 2.07. The van der Waals surface area contributed by atoms with E-state index in [1.807, 2.05) is 19.2 Å². The molecule has 6 heteroatoms. The number of ketones is 1. The van der Waals surface area contributed by atoms with E-state index >= 15 is 0 Å². The molecule has 21 heavy (non-hydrogen) atoms. The van der Waals surface area contributed by atoms with Crippen molar-refractivity contribution in [1.82, 2.24) is 15.0 Å². The van der Waals surface area contributed by atoms with Gasteiger partial charge >= 0.3 is 0 Å². The average molecular weight is 288 g/mol. The lowest BCUT2D eigenvalue weighted by Gasteiger charge is -2.09. The number of carbonyl (C=O) groups excluding carboxylic acids is 1. The normalized spacial score (nSPS) is 12.2. The highest BCUT2D eigenvalue weighted by Crippen LogP contribution is 2.21. The minimum atomic E-state index is -0.107. The molecule has 1 atom stereocenters. The Bertz CT molecular complexity index is 636. The van der Waals surface area contributed by atoms with Gasteiger partial charge in [-0.2, -0.15) is 0 Å². The number of rotatable bonds is 6. The van der Waals surface area contributed by atoms with Crippen LogP contribution in [-0.4, -0.2) is 27.9 Å². The molecule has 2 N–H and O–H groups in total. The Balaban J connectivity index is 2.27. The van der Waals surface area contributed by atoms with Crippen LogP contribution < -0.4 is 10.5 Å². The van der Waals surface area contributed by atoms with Gasteiger partial charge in [0.2, 0.25) is 0 Å². The van der Waals surface area contributed by atoms with Crippen molar-refractivity contribution in [3.05, 3.63) is 41.2 Å². The number of aromatic nitrogens is 3. The highest BCUT2D eigenvalue weighted by molar-refractivity contribution is 5.94. The molecule has 0 saturated carbocycles. The summed E-state index contributed by atoms with van der Waals surface area (Å²) in [5.41, 5.74) is 8.23. The van der Waals surface area contributed by atoms with Gasteiger partial charge in [-0.15, -0.1) is 5.10 Å². The van der Waals surface area contributed by atoms with E-state index < -0.39 is 0 Å². The first kappa shape index (κ1) is 15.2. The molecule has 112 valence electrons. The van der Waals surface area contributed by atoms with Crippen molar-refractivity contribution in [2.75, 3.05) is 7.11 Å². The molecule has 1 aromatic heterocycles. The van der Waals surface area contributed by atoms with Gasteiger partial charge in [0.05, 0.1) is 31.6 Å². The van der Waals surface area contributed by atoms with Gasteiger partial charge < -0.3 is 10.5 Å². The van der Waals surface area contributed by atoms with E-state index in [4.69, 9.17) is 10.5 Å². The van der Waals surface area contributed by atoms with Gasteiger partial charge in [0.1, 0.15) is 5.75 Å². The molecule has 0 amide bonds. The first-order valence-corrected chi connectivity index (χ1v) is 6.88. The monoisotopic (exact) mass is 288 g/mol. The minimum absolute atomic E-state index is 0.0196. The van der Waals surface area contributed by atoms with Crippen LogP contribution in [0, 0.1) is 0 Å². The van der Waals surface area contributed by atoms with Crippen LogP contribution in [0.2, 0.25) is 0 Å². The molecule has 0 aliphatic heterocycles. The van der Waals surface area contributed by atoms with E-state index in [0.717, 1.165) is 23.4 Å². The summed E-state index contributed by atoms with van der Waals surface area (Å²) in [6, 6.07) is 5.26. The Kier molecular flexibility index (Phi) is 4.70. The number of hydrogen-bond donors (Lipinski definition) is 1. The third kappa shape index (κ3) is 3.46. The fraction of sp³-hybridized carbons (Fsp3) is 0.400. The summed E-state index contributed by atoms with van der Waals surface area (Å²) in [4.78, 5) is 11.5. The summed E-state index contributed by atoms with van der Waals surface area (Å²) in [5, 5.41) is 8.15. The summed E-state index contributed by atoms with van der Waals surface area (Å²) < 4.78 is 7.03. The number of benzene rings is 1. The molecule has 2 aromatic rings. The average Bonchev–Trinajstić information content (AvgIpc) is 2.94. The second kappa shape index (κ2) is 6.49. The number of nitrogens with zero attached hydrogens (tertiary/aromatic N) is 3. The summed E-state index contributed by atoms with van der Waals surface area (Å²) >= 11 is 0. The van der Waals surface area contributed by atoms with Gasteiger partial charge in [0, 0.05) is 11.1 Å². The maximum absolute atomic E-state index is 11.5. The third-order valence-corrected chi connectivity index (χ3v) is 3.40. The highest BCUT2D eigenvalue weighted by atomic mass is 16.5. The molecule has 0 aliphatic carbocycles. The van der Waals surface area contributed by atoms with Gasteiger partial charge in [0.25, 0.3) is 0 Å². The highest BCUT2D eigenvalue weighted by Gasteiger charge is 2.11. The second-order valence-corrected chi connectivity index (χ2v) is 4.94. The first-order chi connectivity index (χ1) is 10.0. The zero-order valence-electron chi connectivity index (χ0n) is 12.5. The summed E-state index contributed by atoms with van der Waals surface area (Å²) in [7, 11) is 1.60. The molecular formula is C15H20N4O2. The maximum atomic E-state index is 11.5. The Hall–Kier alpha value is -2.21. The van der Waals surface area contributed by atoms with Crippen LogP contribution in [0.3, 0.4) is 0 Å². The fourth-order valence-electron chi connectivity index (χ4n) is 2.07. The number of ether oxygens (including phenoxy) is 1. The van der Waals surface area contributed by atoms with E-state index in [9.17, 15) is 4.79 Å². The van der Waals surface area contributed by atoms with Crippen molar-refractivity contribution in [1.29, 1.82) is 0 Å². The summed E-state index contributed by atoms with van der Waals surface area (Å²) in [6.07, 6.45) is 2.63. The lowest BCUT2D eigenvalue weighted by Crippen LogP contribution is -2.09. The lowest BCUT2D eigenvalue weighted by molar-refractivity contribution is 0.101. The molecular weight excluding hydrogens is 268 g/mol. The van der Waals surface area contributed by atoms with Crippen LogP contribution in [0.5, 0.6) is 5.75 Å². The molecule has 6 nitrogen and oxygen atoms in total. The van der Waals surface area contributed by atoms with Crippen LogP contribution in [0.15, 0.2) is 24.4 Å². The van der Waals surface area contributed by atoms with Crippen LogP contribution >= 0.6 is 0 Å². The Morgan fingerprint density at radius 2 is 2.24 bits per heavy atom. The zero-order chi connectivity index (χ0) is 15.4. The van der Waals surface area contributed by atoms with Gasteiger partial charge in [-0.25, -0.2) is 4.68 Å². The van der Waals surface area contributed by atoms with Crippen molar-refractivity contribution in [3.63, 3.8) is 0 Å². The third-order valence-electron chi connectivity index (χ3n) is 3.40. The first-order valence-electron chi connectivity index (χ1n) is 6.88. The van der Waals surface area contributed by atoms with Crippen molar-refractivity contribution in [3.8, 4) is 5.75 Å². The molecule has 1 aromatic carbocycles. The van der Waals surface area contributed by atoms with E-state index in [-0.39, 0.29) is 11.8 Å². The topological polar surface area (TPSA) is 83.0 Å². The van der Waals surface area contributed by atoms with Gasteiger partial charge in [-0.1, -0.05) is 12.1 Å². The minimum Gasteiger partial charge on any atom is -0.496 e. The molecule has 2 rings (SSSR count). The van der Waals surface area contributed by atoms with Gasteiger partial charge in [-0.05, 0) is 31.5 Å². The summed E-state index contributed by atoms with van der Waals surface area (Å²) in [6.45, 7) is 4.02. The van der Waals surface area contributed by atoms with Crippen molar-refractivity contribution < 1.29 is 9.53 Å². The number of carbonyl (C=O) groups is 1. The lowest BCUT2D eigenvalue weighted by atomic mass is 10.1. The molecule has 0 saturated heterocycles. The van der Waals surface area contributed by atoms with Crippen LogP contribution in [0.25, 0.3) is 0 Å². The van der Waals surface area contributed by atoms with Crippen molar-refractivity contribution in [2.45, 2.75) is 32.9 Å². The molecule has 0 fully saturated rings. The van der Waals surface area contributed by atoms with Crippen molar-refractivity contribution >= 4 is 5.78 Å². The number of Topliss-reactive ketones (excluding diaryl/α,β-unsaturated/α-hetero) is 1.